The van der Waals surface area contributed by atoms with Crippen LogP contribution in [0.5, 0.6) is 11.5 Å². The number of para-hydroxylation sites is 2. The van der Waals surface area contributed by atoms with Crippen LogP contribution in [0.25, 0.3) is 0 Å². The molecule has 0 aliphatic heterocycles. The lowest BCUT2D eigenvalue weighted by Crippen LogP contribution is -2.17. The van der Waals surface area contributed by atoms with Crippen LogP contribution in [0.15, 0.2) is 24.3 Å². The van der Waals surface area contributed by atoms with Crippen LogP contribution in [0.1, 0.15) is 12.8 Å². The largest absolute Gasteiger partial charge is 0.573 e. The van der Waals surface area contributed by atoms with Crippen molar-refractivity contribution in [3.63, 3.8) is 0 Å². The topological polar surface area (TPSA) is 18.5 Å². The molecule has 1 aromatic rings. The van der Waals surface area contributed by atoms with Gasteiger partial charge in [-0.05, 0) is 37.0 Å². The molecule has 0 heterocycles. The van der Waals surface area contributed by atoms with Gasteiger partial charge < -0.3 is 9.47 Å². The van der Waals surface area contributed by atoms with Crippen LogP contribution in [0.3, 0.4) is 0 Å². The molecule has 0 N–H and O–H groups in total. The maximum Gasteiger partial charge on any atom is 0.573 e. The molecule has 0 aliphatic carbocycles. The molecule has 0 radical (unpaired) electrons. The smallest absolute Gasteiger partial charge is 0.490 e. The second-order valence-corrected chi connectivity index (χ2v) is 4.53. The number of unbranched alkanes of at least 4 members (excludes halogenated alkanes) is 1. The molecule has 0 fully saturated rings. The van der Waals surface area contributed by atoms with Crippen LogP contribution in [0.2, 0.25) is 0 Å². The molecular weight excluding hydrogens is 265 g/mol. The van der Waals surface area contributed by atoms with E-state index in [2.05, 4.69) is 4.74 Å². The van der Waals surface area contributed by atoms with Crippen LogP contribution < -0.4 is 9.47 Å². The summed E-state index contributed by atoms with van der Waals surface area (Å²) < 4.78 is 45.6. The van der Waals surface area contributed by atoms with Crippen LogP contribution in [-0.4, -0.2) is 25.0 Å². The second-order valence-electron chi connectivity index (χ2n) is 3.54. The Hall–Kier alpha value is -1.04. The van der Waals surface area contributed by atoms with Crippen LogP contribution in [0.4, 0.5) is 13.2 Å². The van der Waals surface area contributed by atoms with Crippen molar-refractivity contribution >= 4 is 11.8 Å². The summed E-state index contributed by atoms with van der Waals surface area (Å²) in [7, 11) is 0. The van der Waals surface area contributed by atoms with Crippen LogP contribution in [0, 0.1) is 0 Å². The van der Waals surface area contributed by atoms with Gasteiger partial charge >= 0.3 is 6.36 Å². The Kier molecular flexibility index (Phi) is 6.18. The van der Waals surface area contributed by atoms with Crippen molar-refractivity contribution in [1.29, 1.82) is 0 Å². The fraction of sp³-hybridized carbons (Fsp3) is 0.500. The number of rotatable bonds is 7. The summed E-state index contributed by atoms with van der Waals surface area (Å²) in [5.41, 5.74) is 0. The molecule has 0 saturated heterocycles. The molecule has 102 valence electrons. The Morgan fingerprint density at radius 2 is 1.78 bits per heavy atom. The molecule has 1 aromatic carbocycles. The predicted octanol–water partition coefficient (Wildman–Crippen LogP) is 4.11. The lowest BCUT2D eigenvalue weighted by molar-refractivity contribution is -0.275. The lowest BCUT2D eigenvalue weighted by Gasteiger charge is -2.13. The summed E-state index contributed by atoms with van der Waals surface area (Å²) in [5, 5.41) is 0. The monoisotopic (exact) mass is 280 g/mol. The Morgan fingerprint density at radius 1 is 1.11 bits per heavy atom. The first-order valence-corrected chi connectivity index (χ1v) is 6.89. The van der Waals surface area contributed by atoms with E-state index in [4.69, 9.17) is 4.74 Å². The van der Waals surface area contributed by atoms with Gasteiger partial charge in [-0.25, -0.2) is 0 Å². The first-order chi connectivity index (χ1) is 8.53. The number of benzene rings is 1. The van der Waals surface area contributed by atoms with Crippen LogP contribution in [-0.2, 0) is 0 Å². The maximum absolute atomic E-state index is 12.1. The van der Waals surface area contributed by atoms with E-state index >= 15 is 0 Å². The second kappa shape index (κ2) is 7.41. The highest BCUT2D eigenvalue weighted by atomic mass is 32.2. The minimum atomic E-state index is -4.70. The van der Waals surface area contributed by atoms with E-state index < -0.39 is 6.36 Å². The maximum atomic E-state index is 12.1. The highest BCUT2D eigenvalue weighted by molar-refractivity contribution is 7.98. The van der Waals surface area contributed by atoms with Gasteiger partial charge in [-0.15, -0.1) is 13.2 Å². The fourth-order valence-electron chi connectivity index (χ4n) is 1.31. The third-order valence-corrected chi connectivity index (χ3v) is 2.77. The van der Waals surface area contributed by atoms with Crippen molar-refractivity contribution in [1.82, 2.24) is 0 Å². The number of thioether (sulfide) groups is 1. The molecule has 0 aromatic heterocycles. The lowest BCUT2D eigenvalue weighted by atomic mass is 10.3. The van der Waals surface area contributed by atoms with E-state index in [-0.39, 0.29) is 11.5 Å². The first-order valence-electron chi connectivity index (χ1n) is 5.49. The number of alkyl halides is 3. The molecule has 0 bridgehead atoms. The molecule has 0 spiro atoms. The molecule has 0 atom stereocenters. The van der Waals surface area contributed by atoms with Crippen molar-refractivity contribution in [2.45, 2.75) is 19.2 Å². The zero-order chi connectivity index (χ0) is 13.4. The van der Waals surface area contributed by atoms with E-state index in [1.807, 2.05) is 6.26 Å². The summed E-state index contributed by atoms with van der Waals surface area (Å²) in [4.78, 5) is 0. The third kappa shape index (κ3) is 6.05. The quantitative estimate of drug-likeness (QED) is 0.700. The Balaban J connectivity index is 2.49. The highest BCUT2D eigenvalue weighted by Gasteiger charge is 2.32. The molecule has 0 unspecified atom stereocenters. The van der Waals surface area contributed by atoms with Gasteiger partial charge in [0.2, 0.25) is 0 Å². The third-order valence-electron chi connectivity index (χ3n) is 2.08. The van der Waals surface area contributed by atoms with Crippen molar-refractivity contribution < 1.29 is 22.6 Å². The minimum absolute atomic E-state index is 0.124. The van der Waals surface area contributed by atoms with E-state index in [1.165, 1.54) is 18.2 Å². The summed E-state index contributed by atoms with van der Waals surface area (Å²) in [6, 6.07) is 5.79. The van der Waals surface area contributed by atoms with Crippen LogP contribution >= 0.6 is 11.8 Å². The minimum Gasteiger partial charge on any atom is -0.490 e. The molecule has 0 amide bonds. The molecule has 0 saturated carbocycles. The Bertz CT molecular complexity index is 355. The van der Waals surface area contributed by atoms with Gasteiger partial charge in [0.05, 0.1) is 6.61 Å². The summed E-state index contributed by atoms with van der Waals surface area (Å²) in [6.07, 6.45) is -0.906. The average Bonchev–Trinajstić information content (AvgIpc) is 2.29. The number of ether oxygens (including phenoxy) is 2. The van der Waals surface area contributed by atoms with Crippen molar-refractivity contribution in [2.24, 2.45) is 0 Å². The molecule has 0 aliphatic rings. The standard InChI is InChI=1S/C12H15F3O2S/c1-18-9-5-4-8-16-10-6-2-3-7-11(10)17-12(13,14)15/h2-3,6-7H,4-5,8-9H2,1H3. The van der Waals surface area contributed by atoms with Gasteiger partial charge in [0.25, 0.3) is 0 Å². The highest BCUT2D eigenvalue weighted by Crippen LogP contribution is 2.31. The zero-order valence-corrected chi connectivity index (χ0v) is 10.8. The number of hydrogen-bond donors (Lipinski definition) is 0. The normalized spacial score (nSPS) is 11.3. The van der Waals surface area contributed by atoms with E-state index in [0.717, 1.165) is 18.6 Å². The van der Waals surface area contributed by atoms with Gasteiger partial charge in [-0.2, -0.15) is 11.8 Å². The molecule has 1 rings (SSSR count). The Labute approximate surface area is 108 Å². The van der Waals surface area contributed by atoms with Crippen molar-refractivity contribution in [3.05, 3.63) is 24.3 Å². The fourth-order valence-corrected chi connectivity index (χ4v) is 1.80. The van der Waals surface area contributed by atoms with E-state index in [1.54, 1.807) is 17.8 Å². The Morgan fingerprint density at radius 3 is 2.39 bits per heavy atom. The van der Waals surface area contributed by atoms with Crippen molar-refractivity contribution in [3.8, 4) is 11.5 Å². The van der Waals surface area contributed by atoms with Gasteiger partial charge in [-0.1, -0.05) is 12.1 Å². The predicted molar refractivity (Wildman–Crippen MR) is 66.2 cm³/mol. The summed E-state index contributed by atoms with van der Waals surface area (Å²) >= 11 is 1.73. The average molecular weight is 280 g/mol. The molecule has 6 heteroatoms. The van der Waals surface area contributed by atoms with Gasteiger partial charge in [0, 0.05) is 0 Å². The number of hydrogen-bond acceptors (Lipinski definition) is 3. The zero-order valence-electron chi connectivity index (χ0n) is 10.00. The van der Waals surface area contributed by atoms with E-state index in [0.29, 0.717) is 6.61 Å². The first kappa shape index (κ1) is 15.0. The van der Waals surface area contributed by atoms with E-state index in [9.17, 15) is 13.2 Å². The SMILES string of the molecule is CSCCCCOc1ccccc1OC(F)(F)F. The summed E-state index contributed by atoms with van der Waals surface area (Å²) in [6.45, 7) is 0.388. The van der Waals surface area contributed by atoms with Crippen molar-refractivity contribution in [2.75, 3.05) is 18.6 Å². The number of halogens is 3. The summed E-state index contributed by atoms with van der Waals surface area (Å²) in [5.74, 6) is 0.846. The van der Waals surface area contributed by atoms with Gasteiger partial charge in [0.1, 0.15) is 0 Å². The molecular formula is C12H15F3O2S. The molecule has 2 nitrogen and oxygen atoms in total. The van der Waals surface area contributed by atoms with Gasteiger partial charge in [-0.3, -0.25) is 0 Å². The van der Waals surface area contributed by atoms with Gasteiger partial charge in [0.15, 0.2) is 11.5 Å². The molecule has 18 heavy (non-hydrogen) atoms.